The molecule has 1 aromatic carbocycles. The first-order valence-electron chi connectivity index (χ1n) is 5.56. The fourth-order valence-electron chi connectivity index (χ4n) is 1.89. The fourth-order valence-corrected chi connectivity index (χ4v) is 3.85. The van der Waals surface area contributed by atoms with Crippen LogP contribution in [0, 0.1) is 21.4 Å². The lowest BCUT2D eigenvalue weighted by Crippen LogP contribution is -1.93. The number of hydrogen-bond acceptors (Lipinski definition) is 4. The summed E-state index contributed by atoms with van der Waals surface area (Å²) in [7, 11) is -1.29. The summed E-state index contributed by atoms with van der Waals surface area (Å²) < 4.78 is 11.7. The lowest BCUT2D eigenvalue weighted by molar-refractivity contribution is -0.389. The number of H-pyrrole nitrogens is 1. The van der Waals surface area contributed by atoms with E-state index in [2.05, 4.69) is 20.9 Å². The van der Waals surface area contributed by atoms with Gasteiger partial charge in [0.25, 0.3) is 0 Å². The Morgan fingerprint density at radius 2 is 1.91 bits per heavy atom. The molecule has 0 saturated heterocycles. The summed E-state index contributed by atoms with van der Waals surface area (Å²) in [5.41, 5.74) is 0.258. The van der Waals surface area contributed by atoms with Crippen molar-refractivity contribution >= 4 is 55.7 Å². The number of hydrogen-bond donors (Lipinski definition) is 1. The molecule has 0 bridgehead atoms. The maximum absolute atomic E-state index is 11.5. The van der Waals surface area contributed by atoms with Gasteiger partial charge in [-0.15, -0.1) is 0 Å². The van der Waals surface area contributed by atoms with Crippen LogP contribution >= 0.6 is 39.1 Å². The third kappa shape index (κ3) is 2.90. The Kier molecular flexibility index (Phi) is 4.92. The van der Waals surface area contributed by atoms with Gasteiger partial charge in [0, 0.05) is 27.5 Å². The Morgan fingerprint density at radius 3 is 2.32 bits per heavy atom. The van der Waals surface area contributed by atoms with Crippen molar-refractivity contribution in [2.24, 2.45) is 0 Å². The molecule has 0 aliphatic carbocycles. The Bertz CT molecular complexity index is 837. The molecule has 1 N–H and O–H groups in total. The molecular formula is C12H6BrCl2N3O3S. The van der Waals surface area contributed by atoms with Crippen molar-refractivity contribution in [2.45, 2.75) is 4.90 Å². The van der Waals surface area contributed by atoms with E-state index in [0.717, 1.165) is 0 Å². The van der Waals surface area contributed by atoms with Gasteiger partial charge in [-0.2, -0.15) is 5.26 Å². The highest BCUT2D eigenvalue weighted by atomic mass is 79.9. The minimum atomic E-state index is -1.29. The van der Waals surface area contributed by atoms with Crippen molar-refractivity contribution in [3.8, 4) is 17.2 Å². The summed E-state index contributed by atoms with van der Waals surface area (Å²) in [5, 5.41) is 20.5. The molecule has 1 unspecified atom stereocenters. The minimum Gasteiger partial charge on any atom is -0.358 e. The predicted molar refractivity (Wildman–Crippen MR) is 87.7 cm³/mol. The molecule has 2 rings (SSSR count). The van der Waals surface area contributed by atoms with E-state index in [4.69, 9.17) is 23.2 Å². The maximum Gasteiger partial charge on any atom is 0.340 e. The summed E-state index contributed by atoms with van der Waals surface area (Å²) in [6, 6.07) is 4.68. The largest absolute Gasteiger partial charge is 0.358 e. The average Bonchev–Trinajstić information content (AvgIpc) is 2.75. The van der Waals surface area contributed by atoms with Crippen molar-refractivity contribution < 1.29 is 9.13 Å². The highest BCUT2D eigenvalue weighted by molar-refractivity contribution is 9.10. The topological polar surface area (TPSA) is 99.8 Å². The standard InChI is InChI=1S/C12H6BrCl2N3O3S/c1-22(21)5-2-7(14)10(8(15)3-5)9-6(4-16)12(18(19)20)17-11(9)13/h2-3,17H,1H3. The Balaban J connectivity index is 2.81. The van der Waals surface area contributed by atoms with Gasteiger partial charge in [-0.3, -0.25) is 4.21 Å². The van der Waals surface area contributed by atoms with E-state index in [1.165, 1.54) is 18.4 Å². The fraction of sp³-hybridized carbons (Fsp3) is 0.0833. The smallest absolute Gasteiger partial charge is 0.340 e. The van der Waals surface area contributed by atoms with Crippen LogP contribution in [0.2, 0.25) is 10.0 Å². The molecule has 114 valence electrons. The Labute approximate surface area is 145 Å². The van der Waals surface area contributed by atoms with E-state index >= 15 is 0 Å². The van der Waals surface area contributed by atoms with Crippen molar-refractivity contribution in [3.63, 3.8) is 0 Å². The van der Waals surface area contributed by atoms with Gasteiger partial charge >= 0.3 is 5.82 Å². The van der Waals surface area contributed by atoms with Crippen molar-refractivity contribution in [1.82, 2.24) is 4.98 Å². The monoisotopic (exact) mass is 421 g/mol. The van der Waals surface area contributed by atoms with Crippen LogP contribution in [0.4, 0.5) is 5.82 Å². The molecule has 0 spiro atoms. The number of nitrogens with zero attached hydrogens (tertiary/aromatic N) is 2. The van der Waals surface area contributed by atoms with E-state index < -0.39 is 21.5 Å². The molecule has 6 nitrogen and oxygen atoms in total. The van der Waals surface area contributed by atoms with Crippen LogP contribution in [-0.2, 0) is 10.8 Å². The molecule has 0 amide bonds. The van der Waals surface area contributed by atoms with Crippen LogP contribution in [0.15, 0.2) is 21.6 Å². The Morgan fingerprint density at radius 1 is 1.36 bits per heavy atom. The summed E-state index contributed by atoms with van der Waals surface area (Å²) in [6.45, 7) is 0. The molecule has 10 heteroatoms. The molecule has 0 aliphatic heterocycles. The number of halogens is 3. The summed E-state index contributed by atoms with van der Waals surface area (Å²) in [6.07, 6.45) is 1.47. The second-order valence-electron chi connectivity index (χ2n) is 4.12. The lowest BCUT2D eigenvalue weighted by Gasteiger charge is -2.08. The third-order valence-electron chi connectivity index (χ3n) is 2.83. The van der Waals surface area contributed by atoms with Gasteiger partial charge in [-0.05, 0) is 33.0 Å². The number of aromatic nitrogens is 1. The van der Waals surface area contributed by atoms with Gasteiger partial charge < -0.3 is 10.1 Å². The molecule has 0 saturated carbocycles. The zero-order valence-electron chi connectivity index (χ0n) is 10.8. The average molecular weight is 423 g/mol. The first kappa shape index (κ1) is 17.0. The third-order valence-corrected chi connectivity index (χ3v) is 4.92. The summed E-state index contributed by atoms with van der Waals surface area (Å²) in [5.74, 6) is -0.459. The summed E-state index contributed by atoms with van der Waals surface area (Å²) >= 11 is 15.5. The zero-order chi connectivity index (χ0) is 16.6. The van der Waals surface area contributed by atoms with Gasteiger partial charge in [0.05, 0.1) is 15.6 Å². The molecule has 22 heavy (non-hydrogen) atoms. The molecule has 1 aromatic heterocycles. The van der Waals surface area contributed by atoms with Crippen molar-refractivity contribution in [2.75, 3.05) is 6.26 Å². The molecule has 0 fully saturated rings. The van der Waals surface area contributed by atoms with E-state index in [0.29, 0.717) is 4.90 Å². The second kappa shape index (κ2) is 6.38. The quantitative estimate of drug-likeness (QED) is 0.589. The molecule has 2 aromatic rings. The van der Waals surface area contributed by atoms with Crippen LogP contribution in [0.1, 0.15) is 5.56 Å². The second-order valence-corrected chi connectivity index (χ2v) is 7.11. The van der Waals surface area contributed by atoms with E-state index in [-0.39, 0.29) is 31.3 Å². The van der Waals surface area contributed by atoms with Crippen LogP contribution in [0.25, 0.3) is 11.1 Å². The van der Waals surface area contributed by atoms with Gasteiger partial charge in [-0.1, -0.05) is 23.2 Å². The predicted octanol–water partition coefficient (Wildman–Crippen LogP) is 4.27. The number of aromatic amines is 1. The lowest BCUT2D eigenvalue weighted by atomic mass is 10.0. The molecular weight excluding hydrogens is 417 g/mol. The van der Waals surface area contributed by atoms with Crippen LogP contribution in [-0.4, -0.2) is 20.4 Å². The first-order chi connectivity index (χ1) is 10.3. The normalized spacial score (nSPS) is 12.0. The molecule has 0 radical (unpaired) electrons. The van der Waals surface area contributed by atoms with Crippen LogP contribution < -0.4 is 0 Å². The first-order valence-corrected chi connectivity index (χ1v) is 8.67. The van der Waals surface area contributed by atoms with E-state index in [1.807, 2.05) is 0 Å². The highest BCUT2D eigenvalue weighted by Gasteiger charge is 2.28. The molecule has 0 aliphatic rings. The number of rotatable bonds is 3. The zero-order valence-corrected chi connectivity index (χ0v) is 14.7. The summed E-state index contributed by atoms with van der Waals surface area (Å²) in [4.78, 5) is 13.2. The maximum atomic E-state index is 11.5. The number of nitro groups is 1. The van der Waals surface area contributed by atoms with Crippen molar-refractivity contribution in [3.05, 3.63) is 42.5 Å². The molecule has 1 atom stereocenters. The van der Waals surface area contributed by atoms with Gasteiger partial charge in [0.1, 0.15) is 6.07 Å². The number of benzene rings is 1. The molecule has 1 heterocycles. The highest BCUT2D eigenvalue weighted by Crippen LogP contribution is 2.44. The van der Waals surface area contributed by atoms with Gasteiger partial charge in [0.2, 0.25) is 0 Å². The van der Waals surface area contributed by atoms with Crippen molar-refractivity contribution in [1.29, 1.82) is 5.26 Å². The van der Waals surface area contributed by atoms with E-state index in [9.17, 15) is 19.6 Å². The van der Waals surface area contributed by atoms with Gasteiger partial charge in [-0.25, -0.2) is 4.98 Å². The van der Waals surface area contributed by atoms with E-state index in [1.54, 1.807) is 6.07 Å². The minimum absolute atomic E-state index is 0.142. The van der Waals surface area contributed by atoms with Crippen LogP contribution in [0.5, 0.6) is 0 Å². The SMILES string of the molecule is CS(=O)c1cc(Cl)c(-c2c(Br)[nH]c([N+](=O)[O-])c2C#N)c(Cl)c1. The number of nitriles is 1. The Hall–Kier alpha value is -1.40. The van der Waals surface area contributed by atoms with Crippen LogP contribution in [0.3, 0.4) is 0 Å². The number of nitrogens with one attached hydrogen (secondary N) is 1. The van der Waals surface area contributed by atoms with Gasteiger partial charge in [0.15, 0.2) is 10.2 Å².